The van der Waals surface area contributed by atoms with E-state index in [1.165, 1.54) is 19.1 Å². The monoisotopic (exact) mass is 280 g/mol. The van der Waals surface area contributed by atoms with E-state index in [1.807, 2.05) is 32.0 Å². The van der Waals surface area contributed by atoms with Crippen LogP contribution in [0.2, 0.25) is 0 Å². The standard InChI is InChI=1S/C16H15ClF2/c1-9-4-5-10(2)12(6-9)16(17)13-8-14(18)11(3)7-15(13)19/h4-8,16H,1-3H3. The van der Waals surface area contributed by atoms with Gasteiger partial charge in [-0.2, -0.15) is 0 Å². The largest absolute Gasteiger partial charge is 0.207 e. The Labute approximate surface area is 117 Å². The third kappa shape index (κ3) is 2.79. The maximum atomic E-state index is 13.9. The van der Waals surface area contributed by atoms with Crippen LogP contribution in [-0.2, 0) is 0 Å². The first-order valence-electron chi connectivity index (χ1n) is 6.07. The van der Waals surface area contributed by atoms with Crippen LogP contribution in [0.1, 0.15) is 33.2 Å². The second-order valence-corrected chi connectivity index (χ2v) is 5.28. The quantitative estimate of drug-likeness (QED) is 0.662. The summed E-state index contributed by atoms with van der Waals surface area (Å²) in [7, 11) is 0. The number of hydrogen-bond donors (Lipinski definition) is 0. The van der Waals surface area contributed by atoms with E-state index in [4.69, 9.17) is 11.6 Å². The minimum Gasteiger partial charge on any atom is -0.207 e. The molecule has 19 heavy (non-hydrogen) atoms. The topological polar surface area (TPSA) is 0 Å². The Bertz CT molecular complexity index is 620. The van der Waals surface area contributed by atoms with Crippen molar-refractivity contribution < 1.29 is 8.78 Å². The summed E-state index contributed by atoms with van der Waals surface area (Å²) in [6.45, 7) is 5.38. The van der Waals surface area contributed by atoms with Gasteiger partial charge in [-0.15, -0.1) is 11.6 Å². The van der Waals surface area contributed by atoms with Crippen molar-refractivity contribution in [2.45, 2.75) is 26.1 Å². The van der Waals surface area contributed by atoms with Crippen molar-refractivity contribution in [2.24, 2.45) is 0 Å². The van der Waals surface area contributed by atoms with Gasteiger partial charge in [0.1, 0.15) is 11.6 Å². The molecule has 2 rings (SSSR count). The predicted molar refractivity (Wildman–Crippen MR) is 74.7 cm³/mol. The zero-order valence-electron chi connectivity index (χ0n) is 11.1. The van der Waals surface area contributed by atoms with Crippen molar-refractivity contribution in [3.63, 3.8) is 0 Å². The number of benzene rings is 2. The van der Waals surface area contributed by atoms with Crippen LogP contribution < -0.4 is 0 Å². The summed E-state index contributed by atoms with van der Waals surface area (Å²) in [6.07, 6.45) is 0. The van der Waals surface area contributed by atoms with Gasteiger partial charge in [0.25, 0.3) is 0 Å². The average molecular weight is 281 g/mol. The molecule has 0 aromatic heterocycles. The Kier molecular flexibility index (Phi) is 3.91. The highest BCUT2D eigenvalue weighted by Gasteiger charge is 2.19. The lowest BCUT2D eigenvalue weighted by Crippen LogP contribution is -2.02. The van der Waals surface area contributed by atoms with E-state index in [0.29, 0.717) is 0 Å². The molecule has 3 heteroatoms. The van der Waals surface area contributed by atoms with Crippen LogP contribution in [0, 0.1) is 32.4 Å². The van der Waals surface area contributed by atoms with E-state index in [9.17, 15) is 8.78 Å². The molecule has 0 aliphatic rings. The fourth-order valence-electron chi connectivity index (χ4n) is 2.06. The minimum atomic E-state index is -0.685. The van der Waals surface area contributed by atoms with Gasteiger partial charge in [-0.1, -0.05) is 23.8 Å². The number of alkyl halides is 1. The third-order valence-corrected chi connectivity index (χ3v) is 3.73. The fourth-order valence-corrected chi connectivity index (χ4v) is 2.46. The molecule has 0 amide bonds. The van der Waals surface area contributed by atoms with Crippen LogP contribution >= 0.6 is 11.6 Å². The van der Waals surface area contributed by atoms with Gasteiger partial charge in [0.2, 0.25) is 0 Å². The van der Waals surface area contributed by atoms with Crippen molar-refractivity contribution in [1.82, 2.24) is 0 Å². The Morgan fingerprint density at radius 3 is 2.21 bits per heavy atom. The Morgan fingerprint density at radius 1 is 0.842 bits per heavy atom. The van der Waals surface area contributed by atoms with Gasteiger partial charge >= 0.3 is 0 Å². The Hall–Kier alpha value is -1.41. The molecule has 2 aromatic carbocycles. The lowest BCUT2D eigenvalue weighted by atomic mass is 9.97. The number of aryl methyl sites for hydroxylation is 3. The summed E-state index contributed by atoms with van der Waals surface area (Å²) in [5, 5.41) is -0.685. The first kappa shape index (κ1) is 14.0. The molecule has 0 spiro atoms. The molecule has 0 fully saturated rings. The molecule has 2 aromatic rings. The van der Waals surface area contributed by atoms with E-state index in [-0.39, 0.29) is 11.1 Å². The first-order valence-corrected chi connectivity index (χ1v) is 6.50. The zero-order chi connectivity index (χ0) is 14.2. The molecule has 1 atom stereocenters. The highest BCUT2D eigenvalue weighted by Crippen LogP contribution is 2.34. The van der Waals surface area contributed by atoms with E-state index in [1.54, 1.807) is 0 Å². The van der Waals surface area contributed by atoms with Crippen LogP contribution in [0.4, 0.5) is 8.78 Å². The molecule has 0 nitrogen and oxygen atoms in total. The van der Waals surface area contributed by atoms with Crippen LogP contribution in [0.25, 0.3) is 0 Å². The average Bonchev–Trinajstić information content (AvgIpc) is 2.36. The fraction of sp³-hybridized carbons (Fsp3) is 0.250. The second kappa shape index (κ2) is 5.30. The third-order valence-electron chi connectivity index (χ3n) is 3.26. The van der Waals surface area contributed by atoms with E-state index in [0.717, 1.165) is 16.7 Å². The Morgan fingerprint density at radius 2 is 1.53 bits per heavy atom. The summed E-state index contributed by atoms with van der Waals surface area (Å²) >= 11 is 6.33. The van der Waals surface area contributed by atoms with Gasteiger partial charge in [0, 0.05) is 5.56 Å². The van der Waals surface area contributed by atoms with Crippen molar-refractivity contribution in [3.8, 4) is 0 Å². The van der Waals surface area contributed by atoms with Crippen molar-refractivity contribution in [3.05, 3.63) is 69.8 Å². The summed E-state index contributed by atoms with van der Waals surface area (Å²) in [5.74, 6) is -0.910. The molecular weight excluding hydrogens is 266 g/mol. The van der Waals surface area contributed by atoms with Gasteiger partial charge in [0.05, 0.1) is 5.38 Å². The molecule has 0 aliphatic carbocycles. The summed E-state index contributed by atoms with van der Waals surface area (Å²) < 4.78 is 27.5. The van der Waals surface area contributed by atoms with Gasteiger partial charge in [-0.05, 0) is 49.6 Å². The lowest BCUT2D eigenvalue weighted by Gasteiger charge is -2.15. The zero-order valence-corrected chi connectivity index (χ0v) is 11.9. The van der Waals surface area contributed by atoms with Gasteiger partial charge in [0.15, 0.2) is 0 Å². The van der Waals surface area contributed by atoms with Gasteiger partial charge in [-0.25, -0.2) is 8.78 Å². The minimum absolute atomic E-state index is 0.179. The van der Waals surface area contributed by atoms with Crippen molar-refractivity contribution in [1.29, 1.82) is 0 Å². The molecule has 0 heterocycles. The van der Waals surface area contributed by atoms with Crippen molar-refractivity contribution in [2.75, 3.05) is 0 Å². The second-order valence-electron chi connectivity index (χ2n) is 4.85. The van der Waals surface area contributed by atoms with Gasteiger partial charge in [-0.3, -0.25) is 0 Å². The predicted octanol–water partition coefficient (Wildman–Crippen LogP) is 5.22. The van der Waals surface area contributed by atoms with Crippen LogP contribution in [0.5, 0.6) is 0 Å². The molecule has 0 N–H and O–H groups in total. The maximum Gasteiger partial charge on any atom is 0.128 e. The molecule has 100 valence electrons. The Balaban J connectivity index is 2.52. The van der Waals surface area contributed by atoms with E-state index < -0.39 is 17.0 Å². The van der Waals surface area contributed by atoms with Crippen molar-refractivity contribution >= 4 is 11.6 Å². The molecule has 0 saturated heterocycles. The highest BCUT2D eigenvalue weighted by atomic mass is 35.5. The van der Waals surface area contributed by atoms with Crippen LogP contribution in [-0.4, -0.2) is 0 Å². The molecule has 0 bridgehead atoms. The molecule has 0 aliphatic heterocycles. The number of halogens is 3. The normalized spacial score (nSPS) is 12.5. The molecular formula is C16H15ClF2. The number of rotatable bonds is 2. The number of hydrogen-bond acceptors (Lipinski definition) is 0. The molecule has 0 radical (unpaired) electrons. The lowest BCUT2D eigenvalue weighted by molar-refractivity contribution is 0.580. The first-order chi connectivity index (χ1) is 8.90. The molecule has 1 unspecified atom stereocenters. The smallest absolute Gasteiger partial charge is 0.128 e. The SMILES string of the molecule is Cc1ccc(C)c(C(Cl)c2cc(F)c(C)cc2F)c1. The summed E-state index contributed by atoms with van der Waals surface area (Å²) in [5.41, 5.74) is 3.28. The molecule has 0 saturated carbocycles. The highest BCUT2D eigenvalue weighted by molar-refractivity contribution is 6.22. The summed E-state index contributed by atoms with van der Waals surface area (Å²) in [6, 6.07) is 8.18. The maximum absolute atomic E-state index is 13.9. The van der Waals surface area contributed by atoms with E-state index in [2.05, 4.69) is 0 Å². The summed E-state index contributed by atoms with van der Waals surface area (Å²) in [4.78, 5) is 0. The van der Waals surface area contributed by atoms with E-state index >= 15 is 0 Å². The van der Waals surface area contributed by atoms with Gasteiger partial charge < -0.3 is 0 Å². The van der Waals surface area contributed by atoms with Crippen LogP contribution in [0.3, 0.4) is 0 Å². The van der Waals surface area contributed by atoms with Crippen LogP contribution in [0.15, 0.2) is 30.3 Å².